The van der Waals surface area contributed by atoms with E-state index in [0.717, 1.165) is 35.6 Å². The highest BCUT2D eigenvalue weighted by molar-refractivity contribution is 7.15. The molecular formula is C17H20N4O3S. The fourth-order valence-corrected chi connectivity index (χ4v) is 5.07. The van der Waals surface area contributed by atoms with E-state index in [1.807, 2.05) is 6.92 Å². The average Bonchev–Trinajstić information content (AvgIpc) is 3.15. The fourth-order valence-electron chi connectivity index (χ4n) is 4.21. The zero-order chi connectivity index (χ0) is 17.6. The van der Waals surface area contributed by atoms with Crippen LogP contribution in [0.2, 0.25) is 0 Å². The minimum Gasteiger partial charge on any atom is -0.299 e. The smallest absolute Gasteiger partial charge is 0.246 e. The fraction of sp³-hybridized carbons (Fsp3) is 0.588. The van der Waals surface area contributed by atoms with Gasteiger partial charge in [-0.25, -0.2) is 0 Å². The maximum absolute atomic E-state index is 12.7. The number of aryl methyl sites for hydroxylation is 1. The van der Waals surface area contributed by atoms with E-state index in [0.29, 0.717) is 5.13 Å². The summed E-state index contributed by atoms with van der Waals surface area (Å²) in [6.45, 7) is 1.80. The van der Waals surface area contributed by atoms with Crippen molar-refractivity contribution in [3.05, 3.63) is 17.2 Å². The van der Waals surface area contributed by atoms with Crippen LogP contribution in [0.5, 0.6) is 0 Å². The van der Waals surface area contributed by atoms with E-state index in [2.05, 4.69) is 27.7 Å². The Hall–Kier alpha value is -2.09. The molecule has 4 aliphatic rings. The van der Waals surface area contributed by atoms with Gasteiger partial charge in [-0.15, -0.1) is 10.2 Å². The largest absolute Gasteiger partial charge is 0.299 e. The molecule has 2 bridgehead atoms. The molecule has 1 aliphatic heterocycles. The van der Waals surface area contributed by atoms with E-state index in [1.54, 1.807) is 0 Å². The molecule has 0 unspecified atom stereocenters. The molecule has 8 heteroatoms. The highest BCUT2D eigenvalue weighted by Crippen LogP contribution is 2.49. The quantitative estimate of drug-likeness (QED) is 0.636. The van der Waals surface area contributed by atoms with Crippen LogP contribution in [0.3, 0.4) is 0 Å². The van der Waals surface area contributed by atoms with Crippen LogP contribution in [0.15, 0.2) is 12.2 Å². The third kappa shape index (κ3) is 2.78. The van der Waals surface area contributed by atoms with Crippen LogP contribution in [0.1, 0.15) is 31.2 Å². The lowest BCUT2D eigenvalue weighted by atomic mass is 9.63. The van der Waals surface area contributed by atoms with Gasteiger partial charge in [0.05, 0.1) is 11.8 Å². The van der Waals surface area contributed by atoms with E-state index in [9.17, 15) is 14.4 Å². The first kappa shape index (κ1) is 16.4. The summed E-state index contributed by atoms with van der Waals surface area (Å²) in [5, 5.41) is 11.9. The number of anilines is 1. The third-order valence-electron chi connectivity index (χ3n) is 5.33. The Bertz CT molecular complexity index is 727. The number of rotatable bonds is 5. The van der Waals surface area contributed by atoms with E-state index < -0.39 is 5.91 Å². The van der Waals surface area contributed by atoms with Gasteiger partial charge in [-0.1, -0.05) is 30.4 Å². The molecule has 7 nitrogen and oxygen atoms in total. The van der Waals surface area contributed by atoms with Crippen LogP contribution < -0.4 is 5.32 Å². The van der Waals surface area contributed by atoms with Crippen molar-refractivity contribution in [3.8, 4) is 0 Å². The number of fused-ring (bicyclic) bond motifs is 1. The number of hydrogen-bond acceptors (Lipinski definition) is 6. The summed E-state index contributed by atoms with van der Waals surface area (Å²) in [4.78, 5) is 38.8. The summed E-state index contributed by atoms with van der Waals surface area (Å²) in [5.41, 5.74) is 0. The average molecular weight is 360 g/mol. The molecule has 1 aromatic heterocycles. The molecule has 132 valence electrons. The lowest BCUT2D eigenvalue weighted by Crippen LogP contribution is -2.38. The number of nitrogens with one attached hydrogen (secondary N) is 1. The van der Waals surface area contributed by atoms with Gasteiger partial charge in [0.15, 0.2) is 0 Å². The van der Waals surface area contributed by atoms with Crippen molar-refractivity contribution in [1.29, 1.82) is 0 Å². The summed E-state index contributed by atoms with van der Waals surface area (Å²) < 4.78 is 0. The van der Waals surface area contributed by atoms with Crippen LogP contribution in [-0.4, -0.2) is 39.4 Å². The normalized spacial score (nSPS) is 30.0. The molecule has 0 spiro atoms. The molecule has 0 radical (unpaired) electrons. The Morgan fingerprint density at radius 2 is 1.84 bits per heavy atom. The number of allylic oxidation sites excluding steroid dienone is 2. The minimum absolute atomic E-state index is 0.138. The molecule has 3 aliphatic carbocycles. The van der Waals surface area contributed by atoms with Crippen molar-refractivity contribution in [2.24, 2.45) is 23.7 Å². The summed E-state index contributed by atoms with van der Waals surface area (Å²) in [7, 11) is 0. The summed E-state index contributed by atoms with van der Waals surface area (Å²) in [6, 6.07) is 0. The third-order valence-corrected chi connectivity index (χ3v) is 6.23. The van der Waals surface area contributed by atoms with Gasteiger partial charge < -0.3 is 0 Å². The molecule has 2 heterocycles. The molecule has 4 atom stereocenters. The van der Waals surface area contributed by atoms with E-state index >= 15 is 0 Å². The molecule has 0 aromatic carbocycles. The van der Waals surface area contributed by atoms with Crippen LogP contribution >= 0.6 is 11.3 Å². The van der Waals surface area contributed by atoms with Gasteiger partial charge in [0.1, 0.15) is 11.6 Å². The molecule has 1 saturated carbocycles. The Balaban J connectivity index is 1.43. The number of carbonyl (C=O) groups excluding carboxylic acids is 3. The van der Waals surface area contributed by atoms with Crippen LogP contribution in [0, 0.1) is 23.7 Å². The van der Waals surface area contributed by atoms with Gasteiger partial charge in [-0.2, -0.15) is 0 Å². The molecule has 1 aromatic rings. The molecule has 3 amide bonds. The second kappa shape index (κ2) is 6.33. The Kier molecular flexibility index (Phi) is 4.15. The van der Waals surface area contributed by atoms with E-state index in [-0.39, 0.29) is 42.0 Å². The first-order valence-corrected chi connectivity index (χ1v) is 9.56. The van der Waals surface area contributed by atoms with Crippen molar-refractivity contribution in [1.82, 2.24) is 15.1 Å². The number of aromatic nitrogens is 2. The monoisotopic (exact) mass is 360 g/mol. The predicted octanol–water partition coefficient (Wildman–Crippen LogP) is 1.63. The molecular weight excluding hydrogens is 340 g/mol. The molecule has 2 fully saturated rings. The lowest BCUT2D eigenvalue weighted by molar-refractivity contribution is -0.142. The molecule has 1 saturated heterocycles. The Labute approximate surface area is 149 Å². The van der Waals surface area contributed by atoms with Crippen molar-refractivity contribution >= 4 is 34.2 Å². The topological polar surface area (TPSA) is 92.3 Å². The maximum atomic E-state index is 12.7. The minimum atomic E-state index is -0.403. The zero-order valence-corrected chi connectivity index (χ0v) is 14.8. The van der Waals surface area contributed by atoms with Gasteiger partial charge in [0, 0.05) is 6.42 Å². The molecule has 5 rings (SSSR count). The van der Waals surface area contributed by atoms with Gasteiger partial charge in [-0.05, 0) is 31.1 Å². The van der Waals surface area contributed by atoms with Crippen molar-refractivity contribution < 1.29 is 14.4 Å². The highest BCUT2D eigenvalue weighted by Gasteiger charge is 2.56. The van der Waals surface area contributed by atoms with Gasteiger partial charge in [-0.3, -0.25) is 24.6 Å². The summed E-state index contributed by atoms with van der Waals surface area (Å²) in [5.74, 6) is -1.08. The van der Waals surface area contributed by atoms with Gasteiger partial charge in [0.25, 0.3) is 0 Å². The molecule has 25 heavy (non-hydrogen) atoms. The van der Waals surface area contributed by atoms with E-state index in [1.165, 1.54) is 11.3 Å². The van der Waals surface area contributed by atoms with Crippen molar-refractivity contribution in [2.45, 2.75) is 32.6 Å². The number of amides is 3. The van der Waals surface area contributed by atoms with Crippen molar-refractivity contribution in [3.63, 3.8) is 0 Å². The van der Waals surface area contributed by atoms with Crippen LogP contribution in [0.25, 0.3) is 0 Å². The van der Waals surface area contributed by atoms with Crippen molar-refractivity contribution in [2.75, 3.05) is 11.9 Å². The number of carbonyl (C=O) groups is 3. The van der Waals surface area contributed by atoms with E-state index in [4.69, 9.17) is 0 Å². The maximum Gasteiger partial charge on any atom is 0.246 e. The molecule has 1 N–H and O–H groups in total. The second-order valence-corrected chi connectivity index (χ2v) is 7.97. The Morgan fingerprint density at radius 1 is 1.20 bits per heavy atom. The second-order valence-electron chi connectivity index (χ2n) is 6.90. The summed E-state index contributed by atoms with van der Waals surface area (Å²) in [6.07, 6.45) is 7.81. The van der Waals surface area contributed by atoms with Crippen LogP contribution in [-0.2, 0) is 20.8 Å². The number of hydrogen-bond donors (Lipinski definition) is 1. The summed E-state index contributed by atoms with van der Waals surface area (Å²) >= 11 is 1.32. The Morgan fingerprint density at radius 3 is 2.40 bits per heavy atom. The van der Waals surface area contributed by atoms with Crippen LogP contribution in [0.4, 0.5) is 5.13 Å². The first-order chi connectivity index (χ1) is 12.1. The SMILES string of the molecule is CCCc1nnc(NC(=O)CN2C(=O)[C@@H]3[C@@H](C2=O)[C@H]2C=C[C@H]3CC2)s1. The predicted molar refractivity (Wildman–Crippen MR) is 91.6 cm³/mol. The van der Waals surface area contributed by atoms with Gasteiger partial charge in [0.2, 0.25) is 22.9 Å². The van der Waals surface area contributed by atoms with Gasteiger partial charge >= 0.3 is 0 Å². The lowest BCUT2D eigenvalue weighted by Gasteiger charge is -2.38. The highest BCUT2D eigenvalue weighted by atomic mass is 32.1. The number of likely N-dealkylation sites (tertiary alicyclic amines) is 1. The number of nitrogens with zero attached hydrogens (tertiary/aromatic N) is 3. The zero-order valence-electron chi connectivity index (χ0n) is 14.0. The number of imide groups is 1. The first-order valence-electron chi connectivity index (χ1n) is 8.74. The standard InChI is InChI=1S/C17H20N4O3S/c1-2-3-12-19-20-17(25-12)18-11(22)8-21-15(23)13-9-4-5-10(7-6-9)14(13)16(21)24/h4-5,9-10,13-14H,2-3,6-8H2,1H3,(H,18,20,22)/t9-,10-,13-,14-/m0/s1.